The Balaban J connectivity index is 2.42. The van der Waals surface area contributed by atoms with Gasteiger partial charge in [0.25, 0.3) is 0 Å². The Morgan fingerprint density at radius 3 is 2.94 bits per heavy atom. The van der Waals surface area contributed by atoms with Crippen molar-refractivity contribution in [1.82, 2.24) is 20.4 Å². The monoisotopic (exact) mass is 270 g/mol. The van der Waals surface area contributed by atoms with E-state index in [0.29, 0.717) is 18.3 Å². The molecule has 1 atom stereocenters. The minimum atomic E-state index is 0.203. The number of hydrogen-bond acceptors (Lipinski definition) is 3. The molecule has 2 N–H and O–H groups in total. The molecule has 0 spiro atoms. The van der Waals surface area contributed by atoms with E-state index in [2.05, 4.69) is 22.7 Å². The number of nitrogens with zero attached hydrogens (tertiary/aromatic N) is 2. The Kier molecular flexibility index (Phi) is 6.07. The lowest BCUT2D eigenvalue weighted by molar-refractivity contribution is 0.179. The van der Waals surface area contributed by atoms with Crippen LogP contribution in [-0.2, 0) is 24.8 Å². The maximum atomic E-state index is 5.22. The number of rotatable bonds is 6. The predicted molar refractivity (Wildman–Crippen MR) is 76.5 cm³/mol. The van der Waals surface area contributed by atoms with Crippen molar-refractivity contribution in [3.63, 3.8) is 0 Å². The Morgan fingerprint density at radius 1 is 1.61 bits per heavy atom. The molecule has 0 bridgehead atoms. The van der Waals surface area contributed by atoms with Gasteiger partial charge in [-0.25, -0.2) is 0 Å². The van der Waals surface area contributed by atoms with Gasteiger partial charge in [-0.15, -0.1) is 0 Å². The minimum Gasteiger partial charge on any atom is -0.383 e. The van der Waals surface area contributed by atoms with Crippen LogP contribution in [0.3, 0.4) is 0 Å². The van der Waals surface area contributed by atoms with Crippen LogP contribution in [-0.4, -0.2) is 34.7 Å². The zero-order valence-electron chi connectivity index (χ0n) is 11.5. The second kappa shape index (κ2) is 7.33. The van der Waals surface area contributed by atoms with Gasteiger partial charge in [-0.3, -0.25) is 4.68 Å². The van der Waals surface area contributed by atoms with Crippen molar-refractivity contribution in [3.8, 4) is 0 Å². The Morgan fingerprint density at radius 2 is 2.33 bits per heavy atom. The average Bonchev–Trinajstić information content (AvgIpc) is 2.67. The van der Waals surface area contributed by atoms with Gasteiger partial charge in [-0.05, 0) is 25.6 Å². The van der Waals surface area contributed by atoms with E-state index in [4.69, 9.17) is 17.0 Å². The topological polar surface area (TPSA) is 51.1 Å². The highest BCUT2D eigenvalue weighted by Gasteiger charge is 2.07. The van der Waals surface area contributed by atoms with Gasteiger partial charge in [0.1, 0.15) is 0 Å². The molecule has 0 saturated heterocycles. The standard InChI is InChI=1S/C12H22N4OS/c1-5-11-10(7-16(3)15-11)6-13-12(18)14-9(2)8-17-4/h7,9H,5-6,8H2,1-4H3,(H2,13,14,18). The third-order valence-corrected chi connectivity index (χ3v) is 2.82. The van der Waals surface area contributed by atoms with Gasteiger partial charge in [0.15, 0.2) is 5.11 Å². The van der Waals surface area contributed by atoms with Crippen LogP contribution in [0.2, 0.25) is 0 Å². The van der Waals surface area contributed by atoms with Crippen molar-refractivity contribution in [2.75, 3.05) is 13.7 Å². The molecule has 0 fully saturated rings. The summed E-state index contributed by atoms with van der Waals surface area (Å²) in [6.07, 6.45) is 2.95. The van der Waals surface area contributed by atoms with Crippen LogP contribution >= 0.6 is 12.2 Å². The fourth-order valence-electron chi connectivity index (χ4n) is 1.77. The number of ether oxygens (including phenoxy) is 1. The first-order valence-electron chi connectivity index (χ1n) is 6.11. The Labute approximate surface area is 114 Å². The molecule has 0 saturated carbocycles. The molecule has 1 heterocycles. The molecule has 0 aliphatic carbocycles. The van der Waals surface area contributed by atoms with E-state index < -0.39 is 0 Å². The van der Waals surface area contributed by atoms with E-state index in [9.17, 15) is 0 Å². The number of aromatic nitrogens is 2. The maximum absolute atomic E-state index is 5.22. The zero-order chi connectivity index (χ0) is 13.5. The summed E-state index contributed by atoms with van der Waals surface area (Å²) in [5, 5.41) is 11.4. The zero-order valence-corrected chi connectivity index (χ0v) is 12.3. The molecular weight excluding hydrogens is 248 g/mol. The number of nitrogens with one attached hydrogen (secondary N) is 2. The molecule has 0 aromatic carbocycles. The first-order chi connectivity index (χ1) is 8.56. The quantitative estimate of drug-likeness (QED) is 0.755. The molecule has 18 heavy (non-hydrogen) atoms. The molecule has 0 amide bonds. The second-order valence-electron chi connectivity index (χ2n) is 4.31. The highest BCUT2D eigenvalue weighted by atomic mass is 32.1. The van der Waals surface area contributed by atoms with Crippen LogP contribution in [0.25, 0.3) is 0 Å². The van der Waals surface area contributed by atoms with Crippen molar-refractivity contribution in [3.05, 3.63) is 17.5 Å². The van der Waals surface area contributed by atoms with Gasteiger partial charge < -0.3 is 15.4 Å². The smallest absolute Gasteiger partial charge is 0.166 e. The molecule has 102 valence electrons. The molecule has 6 heteroatoms. The third kappa shape index (κ3) is 4.62. The first kappa shape index (κ1) is 14.9. The van der Waals surface area contributed by atoms with Gasteiger partial charge in [0.05, 0.1) is 12.3 Å². The second-order valence-corrected chi connectivity index (χ2v) is 4.72. The van der Waals surface area contributed by atoms with Crippen molar-refractivity contribution < 1.29 is 4.74 Å². The predicted octanol–water partition coefficient (Wildman–Crippen LogP) is 0.982. The fourth-order valence-corrected chi connectivity index (χ4v) is 2.04. The molecule has 0 aliphatic heterocycles. The highest BCUT2D eigenvalue weighted by molar-refractivity contribution is 7.80. The molecule has 1 aromatic rings. The van der Waals surface area contributed by atoms with Gasteiger partial charge in [0.2, 0.25) is 0 Å². The molecule has 1 rings (SSSR count). The SMILES string of the molecule is CCc1nn(C)cc1CNC(=S)NC(C)COC. The van der Waals surface area contributed by atoms with Crippen LogP contribution in [0, 0.1) is 0 Å². The summed E-state index contributed by atoms with van der Waals surface area (Å²) < 4.78 is 6.88. The van der Waals surface area contributed by atoms with Crippen molar-refractivity contribution in [1.29, 1.82) is 0 Å². The van der Waals surface area contributed by atoms with Crippen LogP contribution in [0.4, 0.5) is 0 Å². The highest BCUT2D eigenvalue weighted by Crippen LogP contribution is 2.06. The lowest BCUT2D eigenvalue weighted by atomic mass is 10.2. The minimum absolute atomic E-state index is 0.203. The van der Waals surface area contributed by atoms with Crippen LogP contribution < -0.4 is 10.6 Å². The molecule has 0 radical (unpaired) electrons. The van der Waals surface area contributed by atoms with E-state index in [1.807, 2.05) is 24.9 Å². The number of aryl methyl sites for hydroxylation is 2. The molecular formula is C12H22N4OS. The largest absolute Gasteiger partial charge is 0.383 e. The summed E-state index contributed by atoms with van der Waals surface area (Å²) in [5.74, 6) is 0. The summed E-state index contributed by atoms with van der Waals surface area (Å²) in [7, 11) is 3.61. The third-order valence-electron chi connectivity index (χ3n) is 2.56. The van der Waals surface area contributed by atoms with Gasteiger partial charge in [-0.1, -0.05) is 6.92 Å². The summed E-state index contributed by atoms with van der Waals surface area (Å²) >= 11 is 5.22. The fraction of sp³-hybridized carbons (Fsp3) is 0.667. The molecule has 5 nitrogen and oxygen atoms in total. The summed E-state index contributed by atoms with van der Waals surface area (Å²) in [6, 6.07) is 0.203. The van der Waals surface area contributed by atoms with Crippen molar-refractivity contribution in [2.24, 2.45) is 7.05 Å². The van der Waals surface area contributed by atoms with Gasteiger partial charge in [0, 0.05) is 38.5 Å². The Bertz CT molecular complexity index is 391. The number of methoxy groups -OCH3 is 1. The van der Waals surface area contributed by atoms with E-state index >= 15 is 0 Å². The molecule has 0 aliphatic rings. The van der Waals surface area contributed by atoms with Crippen LogP contribution in [0.1, 0.15) is 25.1 Å². The Hall–Kier alpha value is -1.14. The van der Waals surface area contributed by atoms with Crippen LogP contribution in [0.15, 0.2) is 6.20 Å². The lowest BCUT2D eigenvalue weighted by Crippen LogP contribution is -2.42. The summed E-state index contributed by atoms with van der Waals surface area (Å²) in [6.45, 7) is 5.46. The molecule has 1 unspecified atom stereocenters. The maximum Gasteiger partial charge on any atom is 0.166 e. The van der Waals surface area contributed by atoms with E-state index in [0.717, 1.165) is 12.1 Å². The van der Waals surface area contributed by atoms with E-state index in [-0.39, 0.29) is 6.04 Å². The average molecular weight is 270 g/mol. The summed E-state index contributed by atoms with van der Waals surface area (Å²) in [4.78, 5) is 0. The van der Waals surface area contributed by atoms with Crippen molar-refractivity contribution in [2.45, 2.75) is 32.9 Å². The molecule has 1 aromatic heterocycles. The lowest BCUT2D eigenvalue weighted by Gasteiger charge is -2.15. The number of thiocarbonyl (C=S) groups is 1. The normalized spacial score (nSPS) is 12.2. The van der Waals surface area contributed by atoms with Gasteiger partial charge in [-0.2, -0.15) is 5.10 Å². The first-order valence-corrected chi connectivity index (χ1v) is 6.52. The number of hydrogen-bond donors (Lipinski definition) is 2. The van der Waals surface area contributed by atoms with E-state index in [1.165, 1.54) is 5.56 Å². The van der Waals surface area contributed by atoms with Gasteiger partial charge >= 0.3 is 0 Å². The summed E-state index contributed by atoms with van der Waals surface area (Å²) in [5.41, 5.74) is 2.29. The van der Waals surface area contributed by atoms with Crippen LogP contribution in [0.5, 0.6) is 0 Å². The van der Waals surface area contributed by atoms with E-state index in [1.54, 1.807) is 7.11 Å². The van der Waals surface area contributed by atoms with Crippen molar-refractivity contribution >= 4 is 17.3 Å².